The van der Waals surface area contributed by atoms with Gasteiger partial charge in [-0.25, -0.2) is 0 Å². The molecule has 0 heterocycles. The molecule has 0 aliphatic rings. The Morgan fingerprint density at radius 1 is 0.870 bits per heavy atom. The molecule has 0 bridgehead atoms. The van der Waals surface area contributed by atoms with Gasteiger partial charge in [-0.05, 0) is 54.9 Å². The summed E-state index contributed by atoms with van der Waals surface area (Å²) in [7, 11) is 0. The molecule has 0 aromatic rings. The third kappa shape index (κ3) is 9.18. The number of rotatable bonds is 6. The van der Waals surface area contributed by atoms with E-state index >= 15 is 0 Å². The standard InChI is InChI=1S/C16H29NO6/c1-8-21-14(20)11(17)9-10(12(18)22-15(2,3)4)13(19)23-16(5,6)7/h10-11H,8-9,17H2,1-7H3/t11-/m0/s1. The topological polar surface area (TPSA) is 105 Å². The zero-order valence-electron chi connectivity index (χ0n) is 15.1. The number of carbonyl (C=O) groups excluding carboxylic acids is 3. The molecule has 0 aliphatic carbocycles. The Morgan fingerprint density at radius 3 is 1.57 bits per heavy atom. The summed E-state index contributed by atoms with van der Waals surface area (Å²) < 4.78 is 15.3. The summed E-state index contributed by atoms with van der Waals surface area (Å²) in [6.45, 7) is 11.9. The lowest BCUT2D eigenvalue weighted by Gasteiger charge is -2.27. The van der Waals surface area contributed by atoms with Crippen LogP contribution in [0.2, 0.25) is 0 Å². The van der Waals surface area contributed by atoms with E-state index < -0.39 is 41.1 Å². The molecular weight excluding hydrogens is 302 g/mol. The lowest BCUT2D eigenvalue weighted by Crippen LogP contribution is -2.42. The van der Waals surface area contributed by atoms with Crippen LogP contribution in [0, 0.1) is 5.92 Å². The van der Waals surface area contributed by atoms with E-state index in [0.29, 0.717) is 0 Å². The molecule has 2 N–H and O–H groups in total. The van der Waals surface area contributed by atoms with Crippen LogP contribution in [0.3, 0.4) is 0 Å². The van der Waals surface area contributed by atoms with Gasteiger partial charge in [-0.2, -0.15) is 0 Å². The van der Waals surface area contributed by atoms with Gasteiger partial charge in [0, 0.05) is 0 Å². The maximum atomic E-state index is 12.3. The van der Waals surface area contributed by atoms with Crippen molar-refractivity contribution in [1.82, 2.24) is 0 Å². The predicted molar refractivity (Wildman–Crippen MR) is 84.4 cm³/mol. The van der Waals surface area contributed by atoms with Gasteiger partial charge in [0.25, 0.3) is 0 Å². The van der Waals surface area contributed by atoms with E-state index in [9.17, 15) is 14.4 Å². The van der Waals surface area contributed by atoms with Crippen LogP contribution in [0.15, 0.2) is 0 Å². The first-order valence-corrected chi connectivity index (χ1v) is 7.64. The third-order valence-electron chi connectivity index (χ3n) is 2.46. The maximum absolute atomic E-state index is 12.3. The van der Waals surface area contributed by atoms with Gasteiger partial charge in [0.05, 0.1) is 6.61 Å². The molecule has 23 heavy (non-hydrogen) atoms. The second kappa shape index (κ2) is 8.29. The van der Waals surface area contributed by atoms with Crippen molar-refractivity contribution in [2.24, 2.45) is 11.7 Å². The minimum absolute atomic E-state index is 0.163. The van der Waals surface area contributed by atoms with E-state index in [1.54, 1.807) is 48.5 Å². The summed E-state index contributed by atoms with van der Waals surface area (Å²) >= 11 is 0. The zero-order valence-corrected chi connectivity index (χ0v) is 15.1. The quantitative estimate of drug-likeness (QED) is 0.447. The van der Waals surface area contributed by atoms with E-state index in [1.807, 2.05) is 0 Å². The van der Waals surface area contributed by atoms with Crippen LogP contribution in [0.5, 0.6) is 0 Å². The highest BCUT2D eigenvalue weighted by Crippen LogP contribution is 2.20. The van der Waals surface area contributed by atoms with Crippen molar-refractivity contribution in [1.29, 1.82) is 0 Å². The van der Waals surface area contributed by atoms with Crippen LogP contribution in [-0.4, -0.2) is 41.8 Å². The largest absolute Gasteiger partial charge is 0.465 e. The molecule has 0 spiro atoms. The highest BCUT2D eigenvalue weighted by Gasteiger charge is 2.37. The number of hydrogen-bond donors (Lipinski definition) is 1. The van der Waals surface area contributed by atoms with E-state index in [4.69, 9.17) is 19.9 Å². The fraction of sp³-hybridized carbons (Fsp3) is 0.812. The number of esters is 3. The Hall–Kier alpha value is -1.63. The average molecular weight is 331 g/mol. The van der Waals surface area contributed by atoms with Gasteiger partial charge in [0.15, 0.2) is 5.92 Å². The zero-order chi connectivity index (χ0) is 18.4. The molecule has 7 heteroatoms. The van der Waals surface area contributed by atoms with Crippen LogP contribution < -0.4 is 5.73 Å². The molecule has 0 aliphatic heterocycles. The van der Waals surface area contributed by atoms with Gasteiger partial charge in [-0.15, -0.1) is 0 Å². The summed E-state index contributed by atoms with van der Waals surface area (Å²) in [5, 5.41) is 0. The summed E-state index contributed by atoms with van der Waals surface area (Å²) in [5.74, 6) is -3.50. The van der Waals surface area contributed by atoms with Crippen LogP contribution >= 0.6 is 0 Å². The molecule has 0 saturated carbocycles. The molecule has 0 aromatic heterocycles. The summed E-state index contributed by atoms with van der Waals surface area (Å²) in [6, 6.07) is -1.11. The molecule has 0 rings (SSSR count). The van der Waals surface area contributed by atoms with Gasteiger partial charge >= 0.3 is 17.9 Å². The first-order valence-electron chi connectivity index (χ1n) is 7.64. The average Bonchev–Trinajstić information content (AvgIpc) is 2.31. The monoisotopic (exact) mass is 331 g/mol. The fourth-order valence-corrected chi connectivity index (χ4v) is 1.63. The molecule has 1 atom stereocenters. The van der Waals surface area contributed by atoms with Crippen molar-refractivity contribution in [2.75, 3.05) is 6.61 Å². The van der Waals surface area contributed by atoms with Crippen molar-refractivity contribution < 1.29 is 28.6 Å². The Bertz CT molecular complexity index is 405. The number of carbonyl (C=O) groups is 3. The molecule has 0 aromatic carbocycles. The fourth-order valence-electron chi connectivity index (χ4n) is 1.63. The third-order valence-corrected chi connectivity index (χ3v) is 2.46. The van der Waals surface area contributed by atoms with Crippen molar-refractivity contribution in [3.63, 3.8) is 0 Å². The first-order chi connectivity index (χ1) is 10.3. The lowest BCUT2D eigenvalue weighted by molar-refractivity contribution is -0.175. The Balaban J connectivity index is 5.18. The highest BCUT2D eigenvalue weighted by molar-refractivity contribution is 5.96. The molecule has 0 radical (unpaired) electrons. The minimum Gasteiger partial charge on any atom is -0.465 e. The smallest absolute Gasteiger partial charge is 0.322 e. The van der Waals surface area contributed by atoms with Crippen LogP contribution in [0.1, 0.15) is 54.9 Å². The molecule has 7 nitrogen and oxygen atoms in total. The number of hydrogen-bond acceptors (Lipinski definition) is 7. The molecule has 0 unspecified atom stereocenters. The summed E-state index contributed by atoms with van der Waals surface area (Å²) in [4.78, 5) is 36.2. The second-order valence-electron chi connectivity index (χ2n) is 7.21. The van der Waals surface area contributed by atoms with Gasteiger partial charge < -0.3 is 19.9 Å². The highest BCUT2D eigenvalue weighted by atomic mass is 16.6. The summed E-state index contributed by atoms with van der Waals surface area (Å²) in [5.41, 5.74) is 4.17. The van der Waals surface area contributed by atoms with Gasteiger partial charge in [0.2, 0.25) is 0 Å². The van der Waals surface area contributed by atoms with Crippen LogP contribution in [0.4, 0.5) is 0 Å². The Labute approximate surface area is 137 Å². The molecule has 0 amide bonds. The Morgan fingerprint density at radius 2 is 1.26 bits per heavy atom. The van der Waals surface area contributed by atoms with E-state index in [1.165, 1.54) is 0 Å². The van der Waals surface area contributed by atoms with Gasteiger partial charge in [-0.1, -0.05) is 0 Å². The predicted octanol–water partition coefficient (Wildman–Crippen LogP) is 1.57. The molecule has 0 saturated heterocycles. The number of nitrogens with two attached hydrogens (primary N) is 1. The SMILES string of the molecule is CCOC(=O)[C@@H](N)CC(C(=O)OC(C)(C)C)C(=O)OC(C)(C)C. The van der Waals surface area contributed by atoms with Gasteiger partial charge in [-0.3, -0.25) is 14.4 Å². The van der Waals surface area contributed by atoms with Crippen molar-refractivity contribution in [2.45, 2.75) is 72.1 Å². The normalized spacial score (nSPS) is 13.4. The summed E-state index contributed by atoms with van der Waals surface area (Å²) in [6.07, 6.45) is -0.233. The lowest BCUT2D eigenvalue weighted by atomic mass is 9.99. The van der Waals surface area contributed by atoms with Crippen molar-refractivity contribution in [3.8, 4) is 0 Å². The molecule has 134 valence electrons. The van der Waals surface area contributed by atoms with E-state index in [0.717, 1.165) is 0 Å². The Kier molecular flexibility index (Phi) is 7.70. The molecule has 0 fully saturated rings. The minimum atomic E-state index is -1.28. The van der Waals surface area contributed by atoms with Crippen molar-refractivity contribution >= 4 is 17.9 Å². The second-order valence-corrected chi connectivity index (χ2v) is 7.21. The number of ether oxygens (including phenoxy) is 3. The van der Waals surface area contributed by atoms with Crippen LogP contribution in [-0.2, 0) is 28.6 Å². The van der Waals surface area contributed by atoms with Crippen LogP contribution in [0.25, 0.3) is 0 Å². The first kappa shape index (κ1) is 21.4. The van der Waals surface area contributed by atoms with E-state index in [-0.39, 0.29) is 13.0 Å². The molecular formula is C16H29NO6. The van der Waals surface area contributed by atoms with Gasteiger partial charge in [0.1, 0.15) is 17.2 Å². The van der Waals surface area contributed by atoms with Crippen molar-refractivity contribution in [3.05, 3.63) is 0 Å². The maximum Gasteiger partial charge on any atom is 0.322 e. The van der Waals surface area contributed by atoms with E-state index in [2.05, 4.69) is 0 Å².